The smallest absolute Gasteiger partial charge is 0.248 e. The maximum atomic E-state index is 12.6. The van der Waals surface area contributed by atoms with Crippen molar-refractivity contribution in [1.29, 1.82) is 0 Å². The van der Waals surface area contributed by atoms with Gasteiger partial charge in [0.05, 0.1) is 5.88 Å². The van der Waals surface area contributed by atoms with Crippen LogP contribution in [-0.4, -0.2) is 53.1 Å². The van der Waals surface area contributed by atoms with Gasteiger partial charge in [-0.25, -0.2) is 0 Å². The number of amides is 3. The Bertz CT molecular complexity index is 740. The Balaban J connectivity index is 1.43. The molecular weight excluding hydrogens is 346 g/mol. The first-order chi connectivity index (χ1) is 12.1. The molecule has 3 amide bonds. The van der Waals surface area contributed by atoms with Gasteiger partial charge in [0, 0.05) is 23.9 Å². The van der Waals surface area contributed by atoms with Crippen LogP contribution in [-0.2, 0) is 14.4 Å². The van der Waals surface area contributed by atoms with Gasteiger partial charge in [-0.3, -0.25) is 14.4 Å². The van der Waals surface area contributed by atoms with Gasteiger partial charge >= 0.3 is 0 Å². The zero-order chi connectivity index (χ0) is 17.4. The second-order valence-corrected chi connectivity index (χ2v) is 7.04. The van der Waals surface area contributed by atoms with Gasteiger partial charge in [0.15, 0.2) is 11.5 Å². The molecule has 0 bridgehead atoms. The lowest BCUT2D eigenvalue weighted by molar-refractivity contribution is -0.138. The molecule has 2 N–H and O–H groups in total. The summed E-state index contributed by atoms with van der Waals surface area (Å²) in [7, 11) is 0. The summed E-state index contributed by atoms with van der Waals surface area (Å²) in [5.74, 6) is 1.64. The van der Waals surface area contributed by atoms with E-state index in [0.717, 1.165) is 0 Å². The third-order valence-corrected chi connectivity index (χ3v) is 5.41. The minimum absolute atomic E-state index is 0.119. The molecule has 0 radical (unpaired) electrons. The van der Waals surface area contributed by atoms with Gasteiger partial charge < -0.3 is 25.0 Å². The highest BCUT2D eigenvalue weighted by atomic mass is 32.2. The van der Waals surface area contributed by atoms with Gasteiger partial charge in [-0.1, -0.05) is 0 Å². The lowest BCUT2D eigenvalue weighted by atomic mass is 10.1. The van der Waals surface area contributed by atoms with Gasteiger partial charge in [0.2, 0.25) is 24.5 Å². The highest BCUT2D eigenvalue weighted by Crippen LogP contribution is 2.34. The van der Waals surface area contributed by atoms with E-state index in [2.05, 4.69) is 10.6 Å². The highest BCUT2D eigenvalue weighted by Gasteiger charge is 2.39. The van der Waals surface area contributed by atoms with Crippen molar-refractivity contribution in [3.05, 3.63) is 18.2 Å². The molecule has 2 atom stereocenters. The normalized spacial score (nSPS) is 24.3. The van der Waals surface area contributed by atoms with E-state index in [-0.39, 0.29) is 24.5 Å². The van der Waals surface area contributed by atoms with Crippen molar-refractivity contribution >= 4 is 35.2 Å². The van der Waals surface area contributed by atoms with Crippen molar-refractivity contribution in [1.82, 2.24) is 10.2 Å². The van der Waals surface area contributed by atoms with E-state index in [0.29, 0.717) is 41.7 Å². The molecule has 0 aliphatic carbocycles. The summed E-state index contributed by atoms with van der Waals surface area (Å²) in [5.41, 5.74) is 0.590. The van der Waals surface area contributed by atoms with Gasteiger partial charge in [-0.05, 0) is 18.6 Å². The molecule has 0 spiro atoms. The second kappa shape index (κ2) is 6.47. The van der Waals surface area contributed by atoms with Crippen molar-refractivity contribution in [2.75, 3.05) is 23.7 Å². The van der Waals surface area contributed by atoms with Crippen LogP contribution in [0.3, 0.4) is 0 Å². The quantitative estimate of drug-likeness (QED) is 0.813. The number of anilines is 1. The van der Waals surface area contributed by atoms with Crippen molar-refractivity contribution in [2.45, 2.75) is 24.9 Å². The molecule has 2 unspecified atom stereocenters. The van der Waals surface area contributed by atoms with E-state index in [1.807, 2.05) is 0 Å². The number of benzene rings is 1. The lowest BCUT2D eigenvalue weighted by Crippen LogP contribution is -2.50. The van der Waals surface area contributed by atoms with Crippen LogP contribution < -0.4 is 20.1 Å². The molecule has 3 aliphatic rings. The average molecular weight is 363 g/mol. The molecule has 3 heterocycles. The Morgan fingerprint density at radius 3 is 2.92 bits per heavy atom. The second-order valence-electron chi connectivity index (χ2n) is 6.04. The third-order valence-electron chi connectivity index (χ3n) is 4.40. The number of thioether (sulfide) groups is 1. The molecule has 8 nitrogen and oxygen atoms in total. The molecule has 3 aliphatic heterocycles. The largest absolute Gasteiger partial charge is 0.454 e. The Morgan fingerprint density at radius 1 is 1.28 bits per heavy atom. The molecule has 0 saturated carbocycles. The lowest BCUT2D eigenvalue weighted by Gasteiger charge is -2.25. The summed E-state index contributed by atoms with van der Waals surface area (Å²) in [6.07, 6.45) is 0.834. The number of hydrogen-bond donors (Lipinski definition) is 2. The number of rotatable bonds is 3. The minimum Gasteiger partial charge on any atom is -0.454 e. The third kappa shape index (κ3) is 3.11. The van der Waals surface area contributed by atoms with E-state index in [4.69, 9.17) is 9.47 Å². The fraction of sp³-hybridized carbons (Fsp3) is 0.438. The Morgan fingerprint density at radius 2 is 2.12 bits per heavy atom. The standard InChI is InChI=1S/C16H17N3O5S/c20-14-4-2-10(18-14)16(22)19-7-25-6-11(19)15(21)17-9-1-3-12-13(5-9)24-8-23-12/h1,3,5,10-11H,2,4,6-8H2,(H,17,21)(H,18,20). The van der Waals surface area contributed by atoms with Crippen molar-refractivity contribution in [2.24, 2.45) is 0 Å². The molecular formula is C16H17N3O5S. The summed E-state index contributed by atoms with van der Waals surface area (Å²) in [4.78, 5) is 38.1. The van der Waals surface area contributed by atoms with E-state index >= 15 is 0 Å². The Labute approximate surface area is 148 Å². The summed E-state index contributed by atoms with van der Waals surface area (Å²) >= 11 is 1.52. The molecule has 9 heteroatoms. The van der Waals surface area contributed by atoms with Crippen LogP contribution >= 0.6 is 11.8 Å². The Hall–Kier alpha value is -2.42. The van der Waals surface area contributed by atoms with E-state index < -0.39 is 12.1 Å². The molecule has 2 saturated heterocycles. The molecule has 1 aromatic carbocycles. The van der Waals surface area contributed by atoms with Crippen LogP contribution in [0.15, 0.2) is 18.2 Å². The van der Waals surface area contributed by atoms with E-state index in [1.54, 1.807) is 23.1 Å². The predicted molar refractivity (Wildman–Crippen MR) is 90.3 cm³/mol. The minimum atomic E-state index is -0.555. The van der Waals surface area contributed by atoms with Crippen molar-refractivity contribution in [3.63, 3.8) is 0 Å². The number of nitrogens with one attached hydrogen (secondary N) is 2. The monoisotopic (exact) mass is 363 g/mol. The first-order valence-electron chi connectivity index (χ1n) is 8.00. The van der Waals surface area contributed by atoms with Crippen LogP contribution in [0.5, 0.6) is 11.5 Å². The molecule has 1 aromatic rings. The Kier molecular flexibility index (Phi) is 4.16. The number of carbonyl (C=O) groups is 3. The molecule has 4 rings (SSSR count). The number of fused-ring (bicyclic) bond motifs is 1. The van der Waals surface area contributed by atoms with Crippen LogP contribution in [0.2, 0.25) is 0 Å². The number of hydrogen-bond acceptors (Lipinski definition) is 6. The summed E-state index contributed by atoms with van der Waals surface area (Å²) in [5, 5.41) is 5.50. The maximum absolute atomic E-state index is 12.6. The summed E-state index contributed by atoms with van der Waals surface area (Å²) in [6, 6.07) is 4.09. The topological polar surface area (TPSA) is 97.0 Å². The average Bonchev–Trinajstić information content (AvgIpc) is 3.33. The van der Waals surface area contributed by atoms with E-state index in [1.165, 1.54) is 11.8 Å². The molecule has 25 heavy (non-hydrogen) atoms. The van der Waals surface area contributed by atoms with Crippen LogP contribution in [0, 0.1) is 0 Å². The van der Waals surface area contributed by atoms with Crippen LogP contribution in [0.4, 0.5) is 5.69 Å². The predicted octanol–water partition coefficient (Wildman–Crippen LogP) is 0.534. The molecule has 2 fully saturated rings. The fourth-order valence-electron chi connectivity index (χ4n) is 3.08. The van der Waals surface area contributed by atoms with Crippen LogP contribution in [0.1, 0.15) is 12.8 Å². The maximum Gasteiger partial charge on any atom is 0.248 e. The summed E-state index contributed by atoms with van der Waals surface area (Å²) < 4.78 is 10.5. The first kappa shape index (κ1) is 16.1. The van der Waals surface area contributed by atoms with Gasteiger partial charge in [-0.2, -0.15) is 0 Å². The zero-order valence-corrected chi connectivity index (χ0v) is 14.1. The molecule has 132 valence electrons. The first-order valence-corrected chi connectivity index (χ1v) is 9.15. The number of nitrogens with zero attached hydrogens (tertiary/aromatic N) is 1. The van der Waals surface area contributed by atoms with Gasteiger partial charge in [0.1, 0.15) is 12.1 Å². The molecule has 0 aromatic heterocycles. The number of carbonyl (C=O) groups excluding carboxylic acids is 3. The van der Waals surface area contributed by atoms with Crippen LogP contribution in [0.25, 0.3) is 0 Å². The summed E-state index contributed by atoms with van der Waals surface area (Å²) in [6.45, 7) is 0.168. The van der Waals surface area contributed by atoms with Gasteiger partial charge in [0.25, 0.3) is 0 Å². The fourth-order valence-corrected chi connectivity index (χ4v) is 4.24. The number of ether oxygens (including phenoxy) is 2. The van der Waals surface area contributed by atoms with E-state index in [9.17, 15) is 14.4 Å². The zero-order valence-electron chi connectivity index (χ0n) is 13.3. The van der Waals surface area contributed by atoms with Crippen molar-refractivity contribution < 1.29 is 23.9 Å². The van der Waals surface area contributed by atoms with Gasteiger partial charge in [-0.15, -0.1) is 11.8 Å². The highest BCUT2D eigenvalue weighted by molar-refractivity contribution is 7.99. The SMILES string of the molecule is O=C1CCC(C(=O)N2CSCC2C(=O)Nc2ccc3c(c2)OCO3)N1. The van der Waals surface area contributed by atoms with Crippen molar-refractivity contribution in [3.8, 4) is 11.5 Å².